The zero-order valence-corrected chi connectivity index (χ0v) is 14.8. The van der Waals surface area contributed by atoms with Crippen molar-refractivity contribution in [3.63, 3.8) is 0 Å². The van der Waals surface area contributed by atoms with Crippen LogP contribution in [-0.4, -0.2) is 28.2 Å². The smallest absolute Gasteiger partial charge is 0.432 e. The molecule has 0 aliphatic carbocycles. The zero-order valence-electron chi connectivity index (χ0n) is 13.1. The normalized spacial score (nSPS) is 14.1. The third-order valence-corrected chi connectivity index (χ3v) is 5.16. The molecule has 138 valence electrons. The third kappa shape index (κ3) is 5.45. The quantitative estimate of drug-likeness (QED) is 0.390. The lowest BCUT2D eigenvalue weighted by molar-refractivity contribution is -0.384. The van der Waals surface area contributed by atoms with E-state index in [2.05, 4.69) is 0 Å². The number of nitro benzene ring substituents is 1. The molecule has 0 saturated carbocycles. The Hall–Kier alpha value is -2.61. The van der Waals surface area contributed by atoms with Gasteiger partial charge >= 0.3 is 13.6 Å². The second kappa shape index (κ2) is 8.18. The maximum absolute atomic E-state index is 13.0. The topological polar surface area (TPSA) is 142 Å². The van der Waals surface area contributed by atoms with Gasteiger partial charge in [-0.2, -0.15) is 0 Å². The van der Waals surface area contributed by atoms with Crippen LogP contribution in [-0.2, 0) is 9.36 Å². The number of halogens is 1. The van der Waals surface area contributed by atoms with Crippen molar-refractivity contribution in [2.45, 2.75) is 6.04 Å². The lowest BCUT2D eigenvalue weighted by Crippen LogP contribution is -2.35. The molecule has 0 heterocycles. The Kier molecular flexibility index (Phi) is 6.20. The first-order valence-electron chi connectivity index (χ1n) is 7.15. The molecule has 0 bridgehead atoms. The van der Waals surface area contributed by atoms with Crippen molar-refractivity contribution in [2.24, 2.45) is 5.73 Å². The number of nitrogens with zero attached hydrogens (tertiary/aromatic N) is 1. The maximum Gasteiger partial charge on any atom is 0.432 e. The molecule has 9 nitrogen and oxygen atoms in total. The van der Waals surface area contributed by atoms with Gasteiger partial charge in [-0.15, -0.1) is 0 Å². The van der Waals surface area contributed by atoms with Crippen molar-refractivity contribution < 1.29 is 28.4 Å². The Bertz CT molecular complexity index is 842. The molecule has 0 spiro atoms. The summed E-state index contributed by atoms with van der Waals surface area (Å²) in [6, 6.07) is 9.10. The molecule has 2 aromatic rings. The Balaban J connectivity index is 2.26. The standard InChI is InChI=1S/C15H14ClN2O7P/c16-10-1-5-12(6-2-10)24-26(23,9-14(17)15(19)20)25-13-7-3-11(4-8-13)18(21)22/h1-8,14H,9,17H2,(H,19,20)/t14-,26?/m0/s1. The summed E-state index contributed by atoms with van der Waals surface area (Å²) in [4.78, 5) is 21.1. The number of hydrogen-bond donors (Lipinski definition) is 2. The number of benzene rings is 2. The van der Waals surface area contributed by atoms with E-state index in [0.29, 0.717) is 5.02 Å². The zero-order chi connectivity index (χ0) is 19.3. The van der Waals surface area contributed by atoms with Gasteiger partial charge < -0.3 is 19.9 Å². The minimum absolute atomic E-state index is 0.00508. The second-order valence-electron chi connectivity index (χ2n) is 5.13. The van der Waals surface area contributed by atoms with E-state index in [1.165, 1.54) is 36.4 Å². The molecule has 0 saturated heterocycles. The van der Waals surface area contributed by atoms with Gasteiger partial charge in [0.1, 0.15) is 17.5 Å². The van der Waals surface area contributed by atoms with Gasteiger partial charge in [0.05, 0.1) is 11.1 Å². The van der Waals surface area contributed by atoms with Gasteiger partial charge in [-0.05, 0) is 36.4 Å². The van der Waals surface area contributed by atoms with Crippen LogP contribution < -0.4 is 14.8 Å². The summed E-state index contributed by atoms with van der Waals surface area (Å²) in [6.45, 7) is 0. The summed E-state index contributed by atoms with van der Waals surface area (Å²) in [6.07, 6.45) is -0.609. The van der Waals surface area contributed by atoms with E-state index in [1.54, 1.807) is 0 Å². The number of non-ortho nitro benzene ring substituents is 1. The SMILES string of the molecule is N[C@@H](CP(=O)(Oc1ccc(Cl)cc1)Oc1ccc([N+](=O)[O-])cc1)C(=O)O. The first kappa shape index (κ1) is 19.7. The Morgan fingerprint density at radius 1 is 1.15 bits per heavy atom. The Morgan fingerprint density at radius 3 is 2.04 bits per heavy atom. The number of carbonyl (C=O) groups is 1. The molecular formula is C15H14ClN2O7P. The van der Waals surface area contributed by atoms with Crippen LogP contribution in [0.3, 0.4) is 0 Å². The van der Waals surface area contributed by atoms with Crippen LogP contribution in [0, 0.1) is 10.1 Å². The van der Waals surface area contributed by atoms with Crippen molar-refractivity contribution in [3.05, 3.63) is 63.7 Å². The van der Waals surface area contributed by atoms with Crippen LogP contribution in [0.5, 0.6) is 11.5 Å². The van der Waals surface area contributed by atoms with Crippen molar-refractivity contribution in [3.8, 4) is 11.5 Å². The lowest BCUT2D eigenvalue weighted by atomic mass is 10.3. The second-order valence-corrected chi connectivity index (χ2v) is 7.51. The van der Waals surface area contributed by atoms with Crippen LogP contribution in [0.1, 0.15) is 0 Å². The largest absolute Gasteiger partial charge is 0.480 e. The fourth-order valence-corrected chi connectivity index (χ4v) is 3.69. The van der Waals surface area contributed by atoms with Gasteiger partial charge in [0.15, 0.2) is 0 Å². The summed E-state index contributed by atoms with van der Waals surface area (Å²) in [5.41, 5.74) is 5.27. The van der Waals surface area contributed by atoms with E-state index in [0.717, 1.165) is 12.1 Å². The Labute approximate surface area is 153 Å². The molecule has 2 atom stereocenters. The molecule has 0 aliphatic heterocycles. The van der Waals surface area contributed by atoms with Gasteiger partial charge in [-0.3, -0.25) is 14.9 Å². The van der Waals surface area contributed by atoms with Gasteiger partial charge in [-0.25, -0.2) is 4.57 Å². The molecule has 0 aliphatic rings. The average Bonchev–Trinajstić information content (AvgIpc) is 2.57. The Morgan fingerprint density at radius 2 is 1.62 bits per heavy atom. The fraction of sp³-hybridized carbons (Fsp3) is 0.133. The van der Waals surface area contributed by atoms with E-state index in [9.17, 15) is 19.5 Å². The molecule has 1 unspecified atom stereocenters. The molecule has 2 rings (SSSR count). The molecule has 3 N–H and O–H groups in total. The molecule has 0 amide bonds. The van der Waals surface area contributed by atoms with E-state index in [1.807, 2.05) is 0 Å². The predicted molar refractivity (Wildman–Crippen MR) is 93.9 cm³/mol. The highest BCUT2D eigenvalue weighted by molar-refractivity contribution is 7.54. The molecule has 2 aromatic carbocycles. The highest BCUT2D eigenvalue weighted by atomic mass is 35.5. The predicted octanol–water partition coefficient (Wildman–Crippen LogP) is 3.31. The minimum Gasteiger partial charge on any atom is -0.480 e. The van der Waals surface area contributed by atoms with Crippen LogP contribution >= 0.6 is 19.2 Å². The third-order valence-electron chi connectivity index (χ3n) is 3.09. The average molecular weight is 401 g/mol. The van der Waals surface area contributed by atoms with Crippen molar-refractivity contribution in [1.82, 2.24) is 0 Å². The summed E-state index contributed by atoms with van der Waals surface area (Å²) < 4.78 is 23.7. The molecule has 26 heavy (non-hydrogen) atoms. The number of nitro groups is 1. The van der Waals surface area contributed by atoms with Crippen LogP contribution in [0.4, 0.5) is 5.69 Å². The van der Waals surface area contributed by atoms with Gasteiger partial charge in [-0.1, -0.05) is 11.6 Å². The molecule has 0 fully saturated rings. The van der Waals surface area contributed by atoms with Gasteiger partial charge in [0, 0.05) is 17.2 Å². The number of rotatable bonds is 8. The molecule has 0 radical (unpaired) electrons. The van der Waals surface area contributed by atoms with Crippen LogP contribution in [0.2, 0.25) is 5.02 Å². The van der Waals surface area contributed by atoms with Crippen molar-refractivity contribution in [1.29, 1.82) is 0 Å². The highest BCUT2D eigenvalue weighted by Crippen LogP contribution is 2.49. The van der Waals surface area contributed by atoms with Crippen LogP contribution in [0.25, 0.3) is 0 Å². The number of hydrogen-bond acceptors (Lipinski definition) is 7. The fourth-order valence-electron chi connectivity index (χ4n) is 1.86. The molecule has 11 heteroatoms. The first-order chi connectivity index (χ1) is 12.2. The van der Waals surface area contributed by atoms with E-state index in [4.69, 9.17) is 31.5 Å². The van der Waals surface area contributed by atoms with Gasteiger partial charge in [0.25, 0.3) is 5.69 Å². The van der Waals surface area contributed by atoms with E-state index >= 15 is 0 Å². The molecule has 0 aromatic heterocycles. The number of aliphatic carboxylic acids is 1. The minimum atomic E-state index is -4.05. The summed E-state index contributed by atoms with van der Waals surface area (Å²) in [7, 11) is -4.05. The van der Waals surface area contributed by atoms with E-state index < -0.39 is 30.7 Å². The maximum atomic E-state index is 13.0. The van der Waals surface area contributed by atoms with Crippen LogP contribution in [0.15, 0.2) is 48.5 Å². The summed E-state index contributed by atoms with van der Waals surface area (Å²) >= 11 is 5.77. The van der Waals surface area contributed by atoms with Gasteiger partial charge in [0.2, 0.25) is 0 Å². The number of carboxylic acid groups (broad SMARTS) is 1. The van der Waals surface area contributed by atoms with Crippen molar-refractivity contribution >= 4 is 30.9 Å². The number of carboxylic acids is 1. The highest BCUT2D eigenvalue weighted by Gasteiger charge is 2.34. The molecular weight excluding hydrogens is 387 g/mol. The monoisotopic (exact) mass is 400 g/mol. The lowest BCUT2D eigenvalue weighted by Gasteiger charge is -2.21. The summed E-state index contributed by atoms with van der Waals surface area (Å²) in [5, 5.41) is 20.1. The van der Waals surface area contributed by atoms with Crippen molar-refractivity contribution in [2.75, 3.05) is 6.16 Å². The number of nitrogens with two attached hydrogens (primary N) is 1. The van der Waals surface area contributed by atoms with E-state index in [-0.39, 0.29) is 17.2 Å². The first-order valence-corrected chi connectivity index (χ1v) is 9.26. The summed E-state index contributed by atoms with van der Waals surface area (Å²) in [5.74, 6) is -1.24.